The van der Waals surface area contributed by atoms with Crippen LogP contribution >= 0.6 is 23.1 Å². The van der Waals surface area contributed by atoms with Crippen LogP contribution in [0.5, 0.6) is 5.75 Å². The Morgan fingerprint density at radius 1 is 1.07 bits per heavy atom. The molecule has 1 aliphatic rings. The van der Waals surface area contributed by atoms with Gasteiger partial charge in [0.15, 0.2) is 0 Å². The lowest BCUT2D eigenvalue weighted by molar-refractivity contribution is -0.0276. The molecule has 3 aromatic heterocycles. The summed E-state index contributed by atoms with van der Waals surface area (Å²) in [6.45, 7) is 9.74. The predicted octanol–water partition coefficient (Wildman–Crippen LogP) is 5.94. The van der Waals surface area contributed by atoms with Gasteiger partial charge in [0, 0.05) is 67.8 Å². The van der Waals surface area contributed by atoms with Crippen molar-refractivity contribution in [3.8, 4) is 16.9 Å². The number of morpholine rings is 1. The summed E-state index contributed by atoms with van der Waals surface area (Å²) >= 11 is 3.57. The van der Waals surface area contributed by atoms with Gasteiger partial charge in [-0.15, -0.1) is 0 Å². The van der Waals surface area contributed by atoms with Gasteiger partial charge in [-0.2, -0.15) is 10.1 Å². The SMILES string of the molecule is COc1cc(N2CCOC(C)(C)C2)c(-c2cnn(C)c2)cc1Nc1ncc(Br)c(Nc2ccc3nccnc3c2P(C)(C)=O)n1. The number of benzene rings is 2. The number of fused-ring (bicyclic) bond motifs is 1. The fourth-order valence-corrected chi connectivity index (χ4v) is 7.22. The van der Waals surface area contributed by atoms with Gasteiger partial charge in [-0.25, -0.2) is 4.98 Å². The molecule has 5 aromatic rings. The Hall–Kier alpha value is -4.06. The molecule has 45 heavy (non-hydrogen) atoms. The number of hydrogen-bond donors (Lipinski definition) is 2. The molecular weight excluding hydrogens is 657 g/mol. The number of rotatable bonds is 8. The van der Waals surface area contributed by atoms with Gasteiger partial charge in [-0.05, 0) is 61.3 Å². The van der Waals surface area contributed by atoms with E-state index in [4.69, 9.17) is 14.5 Å². The monoisotopic (exact) mass is 691 g/mol. The summed E-state index contributed by atoms with van der Waals surface area (Å²) in [5.41, 5.74) is 5.29. The quantitative estimate of drug-likeness (QED) is 0.187. The van der Waals surface area contributed by atoms with Crippen molar-refractivity contribution in [2.75, 3.05) is 55.7 Å². The minimum atomic E-state index is -2.76. The zero-order chi connectivity index (χ0) is 31.9. The Balaban J connectivity index is 1.39. The van der Waals surface area contributed by atoms with Crippen molar-refractivity contribution >= 4 is 68.2 Å². The summed E-state index contributed by atoms with van der Waals surface area (Å²) in [7, 11) is 0.781. The van der Waals surface area contributed by atoms with Gasteiger partial charge in [0.2, 0.25) is 5.95 Å². The largest absolute Gasteiger partial charge is 0.494 e. The first-order valence-electron chi connectivity index (χ1n) is 14.4. The zero-order valence-corrected chi connectivity index (χ0v) is 28.5. The molecule has 14 heteroatoms. The van der Waals surface area contributed by atoms with Gasteiger partial charge in [0.05, 0.1) is 52.2 Å². The summed E-state index contributed by atoms with van der Waals surface area (Å²) in [4.78, 5) is 20.5. The first-order chi connectivity index (χ1) is 21.4. The Morgan fingerprint density at radius 2 is 1.87 bits per heavy atom. The number of methoxy groups -OCH3 is 1. The molecule has 12 nitrogen and oxygen atoms in total. The predicted molar refractivity (Wildman–Crippen MR) is 182 cm³/mol. The molecule has 234 valence electrons. The van der Waals surface area contributed by atoms with E-state index in [1.165, 1.54) is 0 Å². The zero-order valence-electron chi connectivity index (χ0n) is 26.0. The fraction of sp³-hybridized carbons (Fsp3) is 0.323. The molecule has 0 saturated carbocycles. The van der Waals surface area contributed by atoms with Crippen molar-refractivity contribution in [2.45, 2.75) is 19.4 Å². The number of ether oxygens (including phenoxy) is 2. The molecule has 0 unspecified atom stereocenters. The molecule has 0 aliphatic carbocycles. The van der Waals surface area contributed by atoms with Gasteiger partial charge >= 0.3 is 0 Å². The molecule has 1 saturated heterocycles. The maximum Gasteiger partial charge on any atom is 0.229 e. The van der Waals surface area contributed by atoms with Crippen LogP contribution in [0.1, 0.15) is 13.8 Å². The minimum absolute atomic E-state index is 0.288. The summed E-state index contributed by atoms with van der Waals surface area (Å²) in [5, 5.41) is 11.7. The lowest BCUT2D eigenvalue weighted by Gasteiger charge is -2.40. The highest BCUT2D eigenvalue weighted by molar-refractivity contribution is 9.10. The summed E-state index contributed by atoms with van der Waals surface area (Å²) in [5.74, 6) is 1.47. The standard InChI is InChI=1S/C31H35BrN9O3P/c1-31(2)18-41(11-12-44-31)25-14-26(43-4)24(13-20(25)19-15-36-40(3)17-19)38-30-35-16-21(32)29(39-30)37-23-8-7-22-27(34-10-9-33-22)28(23)45(5,6)42/h7-10,13-17H,11-12,18H2,1-6H3,(H2,35,37,38,39). The average molecular weight is 693 g/mol. The number of aryl methyl sites for hydroxylation is 1. The van der Waals surface area contributed by atoms with Crippen LogP contribution in [-0.4, -0.2) is 75.5 Å². The second kappa shape index (κ2) is 12.0. The second-order valence-electron chi connectivity index (χ2n) is 11.9. The van der Waals surface area contributed by atoms with Crippen LogP contribution in [-0.2, 0) is 16.3 Å². The third kappa shape index (κ3) is 6.51. The molecular formula is C31H35BrN9O3P. The first kappa shape index (κ1) is 30.9. The summed E-state index contributed by atoms with van der Waals surface area (Å²) in [6.07, 6.45) is 8.73. The molecule has 2 N–H and O–H groups in total. The van der Waals surface area contributed by atoms with Gasteiger partial charge < -0.3 is 29.6 Å². The van der Waals surface area contributed by atoms with Crippen molar-refractivity contribution in [2.24, 2.45) is 7.05 Å². The number of halogens is 1. The van der Waals surface area contributed by atoms with Crippen LogP contribution in [0.2, 0.25) is 0 Å². The Morgan fingerprint density at radius 3 is 2.58 bits per heavy atom. The van der Waals surface area contributed by atoms with Crippen molar-refractivity contribution in [3.05, 3.63) is 59.7 Å². The molecule has 0 spiro atoms. The molecule has 0 radical (unpaired) electrons. The van der Waals surface area contributed by atoms with E-state index in [0.717, 1.165) is 29.9 Å². The van der Waals surface area contributed by atoms with E-state index in [0.29, 0.717) is 56.3 Å². The maximum atomic E-state index is 13.4. The van der Waals surface area contributed by atoms with E-state index in [1.54, 1.807) is 43.7 Å². The first-order valence-corrected chi connectivity index (χ1v) is 17.8. The summed E-state index contributed by atoms with van der Waals surface area (Å²) in [6, 6.07) is 7.77. The highest BCUT2D eigenvalue weighted by Gasteiger charge is 2.30. The fourth-order valence-electron chi connectivity index (χ4n) is 5.54. The van der Waals surface area contributed by atoms with Gasteiger partial charge in [0.25, 0.3) is 0 Å². The van der Waals surface area contributed by atoms with Crippen LogP contribution in [0.3, 0.4) is 0 Å². The van der Waals surface area contributed by atoms with Crippen LogP contribution < -0.4 is 25.6 Å². The molecule has 6 rings (SSSR count). The van der Waals surface area contributed by atoms with Gasteiger partial charge in [-0.3, -0.25) is 14.6 Å². The van der Waals surface area contributed by atoms with Crippen LogP contribution in [0.15, 0.2) is 59.7 Å². The Labute approximate surface area is 270 Å². The highest BCUT2D eigenvalue weighted by Crippen LogP contribution is 2.43. The lowest BCUT2D eigenvalue weighted by Crippen LogP contribution is -2.48. The Kier molecular flexibility index (Phi) is 8.28. The number of nitrogens with one attached hydrogen (secondary N) is 2. The highest BCUT2D eigenvalue weighted by atomic mass is 79.9. The van der Waals surface area contributed by atoms with Crippen molar-refractivity contribution in [3.63, 3.8) is 0 Å². The van der Waals surface area contributed by atoms with Crippen molar-refractivity contribution < 1.29 is 14.0 Å². The maximum absolute atomic E-state index is 13.4. The third-order valence-corrected chi connectivity index (χ3v) is 9.61. The van der Waals surface area contributed by atoms with Crippen molar-refractivity contribution in [1.82, 2.24) is 29.7 Å². The number of hydrogen-bond acceptors (Lipinski definition) is 11. The van der Waals surface area contributed by atoms with Crippen molar-refractivity contribution in [1.29, 1.82) is 0 Å². The number of aromatic nitrogens is 6. The molecule has 1 aliphatic heterocycles. The Bertz CT molecular complexity index is 1940. The number of anilines is 5. The van der Waals surface area contributed by atoms with Gasteiger partial charge in [-0.1, -0.05) is 0 Å². The molecule has 1 fully saturated rings. The minimum Gasteiger partial charge on any atom is -0.494 e. The number of nitrogens with zero attached hydrogens (tertiary/aromatic N) is 7. The molecule has 2 aromatic carbocycles. The van der Waals surface area contributed by atoms with Gasteiger partial charge in [0.1, 0.15) is 24.2 Å². The molecule has 4 heterocycles. The van der Waals surface area contributed by atoms with Crippen LogP contribution in [0.25, 0.3) is 22.2 Å². The van der Waals surface area contributed by atoms with E-state index >= 15 is 0 Å². The van der Waals surface area contributed by atoms with E-state index < -0.39 is 7.14 Å². The smallest absolute Gasteiger partial charge is 0.229 e. The normalized spacial score (nSPS) is 14.9. The molecule has 0 bridgehead atoms. The topological polar surface area (TPSA) is 132 Å². The lowest BCUT2D eigenvalue weighted by atomic mass is 10.0. The average Bonchev–Trinajstić information content (AvgIpc) is 3.43. The van der Waals surface area contributed by atoms with E-state index in [1.807, 2.05) is 43.7 Å². The van der Waals surface area contributed by atoms with Crippen LogP contribution in [0.4, 0.5) is 28.8 Å². The van der Waals surface area contributed by atoms with E-state index in [-0.39, 0.29) is 5.60 Å². The molecule has 0 amide bonds. The van der Waals surface area contributed by atoms with Crippen LogP contribution in [0, 0.1) is 0 Å². The van der Waals surface area contributed by atoms with E-state index in [9.17, 15) is 4.57 Å². The second-order valence-corrected chi connectivity index (χ2v) is 15.9. The van der Waals surface area contributed by atoms with E-state index in [2.05, 4.69) is 65.4 Å². The summed E-state index contributed by atoms with van der Waals surface area (Å²) < 4.78 is 27.7. The third-order valence-electron chi connectivity index (χ3n) is 7.50. The molecule has 0 atom stereocenters.